The van der Waals surface area contributed by atoms with Gasteiger partial charge in [0.25, 0.3) is 0 Å². The van der Waals surface area contributed by atoms with E-state index < -0.39 is 11.5 Å². The number of carboxylic acids is 1. The van der Waals surface area contributed by atoms with Crippen molar-refractivity contribution in [2.75, 3.05) is 19.6 Å². The third-order valence-corrected chi connectivity index (χ3v) is 5.43. The van der Waals surface area contributed by atoms with E-state index in [9.17, 15) is 9.90 Å². The van der Waals surface area contributed by atoms with Gasteiger partial charge in [0.05, 0.1) is 0 Å². The van der Waals surface area contributed by atoms with Crippen LogP contribution < -0.4 is 0 Å². The molecule has 0 aromatic rings. The molecule has 0 aliphatic carbocycles. The van der Waals surface area contributed by atoms with Crippen LogP contribution in [0.15, 0.2) is 0 Å². The largest absolute Gasteiger partial charge is 0.480 e. The summed E-state index contributed by atoms with van der Waals surface area (Å²) in [5, 5.41) is 9.72. The lowest BCUT2D eigenvalue weighted by atomic mass is 9.90. The average Bonchev–Trinajstić information content (AvgIpc) is 2.70. The van der Waals surface area contributed by atoms with Crippen LogP contribution in [-0.2, 0) is 4.79 Å². The Balaban J connectivity index is 2.08. The van der Waals surface area contributed by atoms with E-state index in [1.54, 1.807) is 0 Å². The molecular formula is C16H30N2O2. The van der Waals surface area contributed by atoms with Crippen LogP contribution in [0.4, 0.5) is 0 Å². The van der Waals surface area contributed by atoms with Crippen molar-refractivity contribution in [1.29, 1.82) is 0 Å². The van der Waals surface area contributed by atoms with E-state index in [-0.39, 0.29) is 0 Å². The van der Waals surface area contributed by atoms with E-state index in [2.05, 4.69) is 23.6 Å². The molecule has 0 amide bonds. The summed E-state index contributed by atoms with van der Waals surface area (Å²) in [6, 6.07) is 1.06. The van der Waals surface area contributed by atoms with Crippen molar-refractivity contribution in [3.8, 4) is 0 Å². The first-order valence-electron chi connectivity index (χ1n) is 8.25. The molecule has 116 valence electrons. The Kier molecular flexibility index (Phi) is 5.08. The first-order chi connectivity index (χ1) is 9.51. The van der Waals surface area contributed by atoms with E-state index in [0.29, 0.717) is 12.1 Å². The van der Waals surface area contributed by atoms with Crippen LogP contribution in [0.5, 0.6) is 0 Å². The second kappa shape index (κ2) is 6.44. The van der Waals surface area contributed by atoms with Crippen LogP contribution in [0.25, 0.3) is 0 Å². The van der Waals surface area contributed by atoms with Crippen molar-refractivity contribution in [3.05, 3.63) is 0 Å². The van der Waals surface area contributed by atoms with Gasteiger partial charge in [0.1, 0.15) is 5.54 Å². The van der Waals surface area contributed by atoms with Gasteiger partial charge >= 0.3 is 5.97 Å². The summed E-state index contributed by atoms with van der Waals surface area (Å²) in [6.45, 7) is 9.77. The molecule has 2 heterocycles. The van der Waals surface area contributed by atoms with Gasteiger partial charge in [0, 0.05) is 12.1 Å². The summed E-state index contributed by atoms with van der Waals surface area (Å²) in [4.78, 5) is 16.7. The fraction of sp³-hybridized carbons (Fsp3) is 0.938. The molecule has 0 spiro atoms. The first-order valence-corrected chi connectivity index (χ1v) is 8.25. The van der Waals surface area contributed by atoms with Crippen LogP contribution in [0.1, 0.15) is 59.3 Å². The first kappa shape index (κ1) is 15.8. The highest BCUT2D eigenvalue weighted by Gasteiger charge is 2.48. The lowest BCUT2D eigenvalue weighted by Gasteiger charge is -2.39. The number of likely N-dealkylation sites (tertiary alicyclic amines) is 2. The van der Waals surface area contributed by atoms with Gasteiger partial charge in [-0.25, -0.2) is 0 Å². The average molecular weight is 282 g/mol. The third-order valence-electron chi connectivity index (χ3n) is 5.43. The number of hydrogen-bond acceptors (Lipinski definition) is 3. The lowest BCUT2D eigenvalue weighted by Crippen LogP contribution is -2.54. The SMILES string of the molecule is CCC1(C(=O)O)CCCN1C1CCCN(C(C)C)CC1. The third kappa shape index (κ3) is 2.86. The summed E-state index contributed by atoms with van der Waals surface area (Å²) >= 11 is 0. The lowest BCUT2D eigenvalue weighted by molar-refractivity contribution is -0.151. The highest BCUT2D eigenvalue weighted by molar-refractivity contribution is 5.79. The molecule has 1 N–H and O–H groups in total. The molecule has 2 aliphatic rings. The fourth-order valence-corrected chi connectivity index (χ4v) is 4.12. The van der Waals surface area contributed by atoms with Crippen LogP contribution in [-0.4, -0.2) is 58.1 Å². The Labute approximate surface area is 123 Å². The quantitative estimate of drug-likeness (QED) is 0.860. The van der Waals surface area contributed by atoms with Crippen molar-refractivity contribution in [2.24, 2.45) is 0 Å². The van der Waals surface area contributed by atoms with Gasteiger partial charge in [-0.2, -0.15) is 0 Å². The molecule has 0 aromatic heterocycles. The zero-order chi connectivity index (χ0) is 14.8. The molecule has 0 saturated carbocycles. The molecular weight excluding hydrogens is 252 g/mol. The predicted molar refractivity (Wildman–Crippen MR) is 80.9 cm³/mol. The van der Waals surface area contributed by atoms with Crippen molar-refractivity contribution >= 4 is 5.97 Å². The zero-order valence-corrected chi connectivity index (χ0v) is 13.3. The molecule has 0 bridgehead atoms. The van der Waals surface area contributed by atoms with Gasteiger partial charge in [-0.3, -0.25) is 9.69 Å². The highest BCUT2D eigenvalue weighted by Crippen LogP contribution is 2.37. The van der Waals surface area contributed by atoms with Gasteiger partial charge in [-0.15, -0.1) is 0 Å². The molecule has 0 radical (unpaired) electrons. The molecule has 2 unspecified atom stereocenters. The standard InChI is InChI=1S/C16H30N2O2/c1-4-16(15(19)20)9-6-11-18(16)14-7-5-10-17(12-8-14)13(2)3/h13-14H,4-12H2,1-3H3,(H,19,20). The Hall–Kier alpha value is -0.610. The summed E-state index contributed by atoms with van der Waals surface area (Å²) in [5.74, 6) is -0.609. The number of carbonyl (C=O) groups is 1. The molecule has 2 aliphatic heterocycles. The second-order valence-corrected chi connectivity index (χ2v) is 6.70. The van der Waals surface area contributed by atoms with E-state index >= 15 is 0 Å². The zero-order valence-electron chi connectivity index (χ0n) is 13.3. The Morgan fingerprint density at radius 2 is 2.00 bits per heavy atom. The summed E-state index contributed by atoms with van der Waals surface area (Å²) < 4.78 is 0. The number of hydrogen-bond donors (Lipinski definition) is 1. The Morgan fingerprint density at radius 1 is 1.25 bits per heavy atom. The molecule has 4 heteroatoms. The maximum Gasteiger partial charge on any atom is 0.324 e. The molecule has 20 heavy (non-hydrogen) atoms. The van der Waals surface area contributed by atoms with Gasteiger partial charge in [-0.1, -0.05) is 6.92 Å². The van der Waals surface area contributed by atoms with Gasteiger partial charge in [0.15, 0.2) is 0 Å². The second-order valence-electron chi connectivity index (χ2n) is 6.70. The number of carboxylic acid groups (broad SMARTS) is 1. The number of nitrogens with zero attached hydrogens (tertiary/aromatic N) is 2. The minimum Gasteiger partial charge on any atom is -0.480 e. The molecule has 2 atom stereocenters. The summed E-state index contributed by atoms with van der Waals surface area (Å²) in [6.07, 6.45) is 6.05. The Morgan fingerprint density at radius 3 is 2.60 bits per heavy atom. The monoisotopic (exact) mass is 282 g/mol. The molecule has 2 fully saturated rings. The molecule has 2 saturated heterocycles. The summed E-state index contributed by atoms with van der Waals surface area (Å²) in [7, 11) is 0. The maximum atomic E-state index is 11.8. The van der Waals surface area contributed by atoms with E-state index in [1.165, 1.54) is 6.42 Å². The maximum absolute atomic E-state index is 11.8. The predicted octanol–water partition coefficient (Wildman–Crippen LogP) is 2.58. The van der Waals surface area contributed by atoms with Crippen LogP contribution in [0, 0.1) is 0 Å². The van der Waals surface area contributed by atoms with Crippen LogP contribution >= 0.6 is 0 Å². The smallest absolute Gasteiger partial charge is 0.324 e. The van der Waals surface area contributed by atoms with Crippen molar-refractivity contribution in [1.82, 2.24) is 9.80 Å². The van der Waals surface area contributed by atoms with Gasteiger partial charge in [0.2, 0.25) is 0 Å². The van der Waals surface area contributed by atoms with E-state index in [0.717, 1.165) is 51.7 Å². The fourth-order valence-electron chi connectivity index (χ4n) is 4.12. The Bertz CT molecular complexity index is 345. The van der Waals surface area contributed by atoms with Gasteiger partial charge in [-0.05, 0) is 72.0 Å². The molecule has 2 rings (SSSR count). The topological polar surface area (TPSA) is 43.8 Å². The minimum atomic E-state index is -0.609. The summed E-state index contributed by atoms with van der Waals surface area (Å²) in [5.41, 5.74) is -0.586. The van der Waals surface area contributed by atoms with Gasteiger partial charge < -0.3 is 10.0 Å². The number of aliphatic carboxylic acids is 1. The minimum absolute atomic E-state index is 0.456. The molecule has 4 nitrogen and oxygen atoms in total. The van der Waals surface area contributed by atoms with Crippen molar-refractivity contribution in [3.63, 3.8) is 0 Å². The van der Waals surface area contributed by atoms with Crippen LogP contribution in [0.3, 0.4) is 0 Å². The van der Waals surface area contributed by atoms with E-state index in [1.807, 2.05) is 6.92 Å². The molecule has 0 aromatic carbocycles. The highest BCUT2D eigenvalue weighted by atomic mass is 16.4. The number of rotatable bonds is 4. The van der Waals surface area contributed by atoms with Crippen molar-refractivity contribution < 1.29 is 9.90 Å². The van der Waals surface area contributed by atoms with Crippen molar-refractivity contribution in [2.45, 2.75) is 76.9 Å². The normalized spacial score (nSPS) is 33.5. The van der Waals surface area contributed by atoms with E-state index in [4.69, 9.17) is 0 Å². The van der Waals surface area contributed by atoms with Crippen LogP contribution in [0.2, 0.25) is 0 Å².